The van der Waals surface area contributed by atoms with Crippen LogP contribution < -0.4 is 0 Å². The minimum absolute atomic E-state index is 0.0553. The van der Waals surface area contributed by atoms with Crippen LogP contribution in [0.5, 0.6) is 0 Å². The fraction of sp³-hybridized carbons (Fsp3) is 0.750. The monoisotopic (exact) mass is 422 g/mol. The van der Waals surface area contributed by atoms with Crippen LogP contribution in [0.2, 0.25) is 0 Å². The van der Waals surface area contributed by atoms with Gasteiger partial charge < -0.3 is 20.1 Å². The Bertz CT molecular complexity index is 665. The summed E-state index contributed by atoms with van der Waals surface area (Å²) in [6.07, 6.45) is 7.87. The molecule has 6 nitrogen and oxygen atoms in total. The van der Waals surface area contributed by atoms with E-state index in [-0.39, 0.29) is 42.7 Å². The maximum Gasteiger partial charge on any atom is 0.311 e. The number of carboxylic acid groups (broad SMARTS) is 1. The Labute approximate surface area is 180 Å². The van der Waals surface area contributed by atoms with Gasteiger partial charge in [0.15, 0.2) is 0 Å². The first-order valence-corrected chi connectivity index (χ1v) is 11.2. The van der Waals surface area contributed by atoms with Crippen molar-refractivity contribution in [2.45, 2.75) is 91.0 Å². The fourth-order valence-electron chi connectivity index (χ4n) is 4.50. The molecule has 2 aliphatic carbocycles. The van der Waals surface area contributed by atoms with Gasteiger partial charge in [-0.15, -0.1) is 0 Å². The van der Waals surface area contributed by atoms with Crippen molar-refractivity contribution in [3.8, 4) is 0 Å². The number of aliphatic hydroxyl groups is 2. The third-order valence-corrected chi connectivity index (χ3v) is 6.83. The predicted octanol–water partition coefficient (Wildman–Crippen LogP) is 3.86. The number of ether oxygens (including phenoxy) is 1. The first-order valence-electron chi connectivity index (χ1n) is 11.2. The maximum atomic E-state index is 12.7. The summed E-state index contributed by atoms with van der Waals surface area (Å²) in [7, 11) is 0. The molecule has 1 unspecified atom stereocenters. The lowest BCUT2D eigenvalue weighted by Gasteiger charge is -2.42. The normalized spacial score (nSPS) is 28.3. The van der Waals surface area contributed by atoms with Gasteiger partial charge in [0.05, 0.1) is 24.0 Å². The van der Waals surface area contributed by atoms with Crippen LogP contribution in [0.4, 0.5) is 0 Å². The Morgan fingerprint density at radius 1 is 1.27 bits per heavy atom. The summed E-state index contributed by atoms with van der Waals surface area (Å²) in [5.74, 6) is -0.630. The molecule has 0 aromatic rings. The fourth-order valence-corrected chi connectivity index (χ4v) is 4.50. The molecule has 0 aromatic carbocycles. The molecule has 0 aromatic heterocycles. The van der Waals surface area contributed by atoms with Gasteiger partial charge in [-0.2, -0.15) is 0 Å². The summed E-state index contributed by atoms with van der Waals surface area (Å²) in [5, 5.41) is 28.9. The molecular formula is C24H38O6. The van der Waals surface area contributed by atoms with Crippen molar-refractivity contribution in [3.05, 3.63) is 23.8 Å². The van der Waals surface area contributed by atoms with Gasteiger partial charge >= 0.3 is 11.9 Å². The average molecular weight is 423 g/mol. The van der Waals surface area contributed by atoms with Gasteiger partial charge in [0.2, 0.25) is 0 Å². The molecule has 30 heavy (non-hydrogen) atoms. The zero-order valence-corrected chi connectivity index (χ0v) is 18.7. The second-order valence-electron chi connectivity index (χ2n) is 9.59. The van der Waals surface area contributed by atoms with E-state index >= 15 is 0 Å². The molecule has 0 saturated carbocycles. The van der Waals surface area contributed by atoms with Gasteiger partial charge in [0, 0.05) is 5.92 Å². The maximum absolute atomic E-state index is 12.7. The number of fused-ring (bicyclic) bond motifs is 1. The molecular weight excluding hydrogens is 384 g/mol. The van der Waals surface area contributed by atoms with Crippen LogP contribution in [-0.4, -0.2) is 45.6 Å². The lowest BCUT2D eigenvalue weighted by molar-refractivity contribution is -0.164. The quantitative estimate of drug-likeness (QED) is 0.462. The van der Waals surface area contributed by atoms with Crippen molar-refractivity contribution in [3.63, 3.8) is 0 Å². The summed E-state index contributed by atoms with van der Waals surface area (Å²) in [6, 6.07) is 0. The summed E-state index contributed by atoms with van der Waals surface area (Å²) in [4.78, 5) is 23.4. The van der Waals surface area contributed by atoms with Gasteiger partial charge in [-0.05, 0) is 69.8 Å². The van der Waals surface area contributed by atoms with Crippen LogP contribution in [0, 0.1) is 23.2 Å². The van der Waals surface area contributed by atoms with Gasteiger partial charge in [-0.3, -0.25) is 9.59 Å². The molecule has 2 aliphatic rings. The Kier molecular flexibility index (Phi) is 8.68. The topological polar surface area (TPSA) is 104 Å². The zero-order valence-electron chi connectivity index (χ0n) is 18.7. The summed E-state index contributed by atoms with van der Waals surface area (Å²) in [6.45, 7) is 7.96. The van der Waals surface area contributed by atoms with Crippen molar-refractivity contribution in [2.24, 2.45) is 23.2 Å². The molecule has 0 spiro atoms. The second-order valence-corrected chi connectivity index (χ2v) is 9.59. The van der Waals surface area contributed by atoms with Crippen molar-refractivity contribution in [2.75, 3.05) is 0 Å². The van der Waals surface area contributed by atoms with Crippen LogP contribution in [0.15, 0.2) is 23.8 Å². The minimum atomic E-state index is -1.07. The van der Waals surface area contributed by atoms with E-state index in [1.807, 2.05) is 20.8 Å². The standard InChI is InChI=1S/C24H38O6/c1-5-24(3,4)23(29)30-20-8-6-7-16-10-9-15(2)19(22(16)20)12-11-17(25)13-18(26)14-21(27)28/h7,9-10,15,17-20,22,25-26H,5-6,8,11-14H2,1-4H3,(H,27,28)/t15-,17?,18+,19-,20-,22-/m0/s1. The van der Waals surface area contributed by atoms with Gasteiger partial charge in [0.1, 0.15) is 6.10 Å². The number of aliphatic hydroxyl groups excluding tert-OH is 2. The molecule has 0 amide bonds. The third-order valence-electron chi connectivity index (χ3n) is 6.83. The van der Waals surface area contributed by atoms with E-state index in [0.29, 0.717) is 6.42 Å². The molecule has 170 valence electrons. The molecule has 0 heterocycles. The number of aliphatic carboxylic acids is 1. The highest BCUT2D eigenvalue weighted by Gasteiger charge is 2.41. The molecule has 0 aliphatic heterocycles. The van der Waals surface area contributed by atoms with Crippen LogP contribution in [0.25, 0.3) is 0 Å². The van der Waals surface area contributed by atoms with Crippen molar-refractivity contribution in [1.29, 1.82) is 0 Å². The number of hydrogen-bond donors (Lipinski definition) is 3. The van der Waals surface area contributed by atoms with Gasteiger partial charge in [0.25, 0.3) is 0 Å². The lowest BCUT2D eigenvalue weighted by atomic mass is 9.66. The molecule has 0 saturated heterocycles. The summed E-state index contributed by atoms with van der Waals surface area (Å²) >= 11 is 0. The molecule has 6 heteroatoms. The number of allylic oxidation sites excluding steroid dienone is 3. The Morgan fingerprint density at radius 2 is 1.97 bits per heavy atom. The zero-order chi connectivity index (χ0) is 22.5. The minimum Gasteiger partial charge on any atom is -0.481 e. The molecule has 0 radical (unpaired) electrons. The predicted molar refractivity (Wildman–Crippen MR) is 115 cm³/mol. The number of hydrogen-bond acceptors (Lipinski definition) is 5. The van der Waals surface area contributed by atoms with Gasteiger partial charge in [-0.1, -0.05) is 32.1 Å². The highest BCUT2D eigenvalue weighted by Crippen LogP contribution is 2.44. The number of carboxylic acids is 1. The van der Waals surface area contributed by atoms with Crippen molar-refractivity contribution in [1.82, 2.24) is 0 Å². The first-order chi connectivity index (χ1) is 14.0. The second kappa shape index (κ2) is 10.6. The summed E-state index contributed by atoms with van der Waals surface area (Å²) < 4.78 is 6.03. The molecule has 3 N–H and O–H groups in total. The van der Waals surface area contributed by atoms with E-state index in [9.17, 15) is 19.8 Å². The van der Waals surface area contributed by atoms with E-state index in [1.54, 1.807) is 0 Å². The Hall–Kier alpha value is -1.66. The van der Waals surface area contributed by atoms with E-state index in [0.717, 1.165) is 25.7 Å². The van der Waals surface area contributed by atoms with Crippen LogP contribution in [0.3, 0.4) is 0 Å². The average Bonchev–Trinajstić information content (AvgIpc) is 2.66. The summed E-state index contributed by atoms with van der Waals surface area (Å²) in [5.41, 5.74) is 0.695. The molecule has 2 rings (SSSR count). The van der Waals surface area contributed by atoms with E-state index < -0.39 is 23.6 Å². The van der Waals surface area contributed by atoms with Gasteiger partial charge in [-0.25, -0.2) is 0 Å². The van der Waals surface area contributed by atoms with E-state index in [1.165, 1.54) is 5.57 Å². The van der Waals surface area contributed by atoms with E-state index in [2.05, 4.69) is 25.2 Å². The van der Waals surface area contributed by atoms with Crippen LogP contribution in [-0.2, 0) is 14.3 Å². The number of carbonyl (C=O) groups excluding carboxylic acids is 1. The van der Waals surface area contributed by atoms with Crippen LogP contribution in [0.1, 0.15) is 72.6 Å². The molecule has 0 fully saturated rings. The first kappa shape index (κ1) is 24.6. The highest BCUT2D eigenvalue weighted by molar-refractivity contribution is 5.76. The van der Waals surface area contributed by atoms with Crippen LogP contribution >= 0.6 is 0 Å². The largest absolute Gasteiger partial charge is 0.481 e. The Morgan fingerprint density at radius 3 is 2.60 bits per heavy atom. The molecule has 0 bridgehead atoms. The lowest BCUT2D eigenvalue weighted by Crippen LogP contribution is -2.41. The highest BCUT2D eigenvalue weighted by atomic mass is 16.5. The number of rotatable bonds is 10. The SMILES string of the molecule is CCC(C)(C)C(=O)O[C@H]1CCC=C2C=C[C@H](C)[C@H](CCC(O)C[C@@H](O)CC(=O)O)[C@H]21. The smallest absolute Gasteiger partial charge is 0.311 e. The third kappa shape index (κ3) is 6.42. The van der Waals surface area contributed by atoms with Crippen molar-refractivity contribution >= 4 is 11.9 Å². The Balaban J connectivity index is 2.07. The van der Waals surface area contributed by atoms with Crippen molar-refractivity contribution < 1.29 is 29.6 Å². The number of esters is 1. The van der Waals surface area contributed by atoms with E-state index in [4.69, 9.17) is 9.84 Å². The molecule has 6 atom stereocenters. The number of carbonyl (C=O) groups is 2.